The quantitative estimate of drug-likeness (QED) is 0.343. The van der Waals surface area contributed by atoms with E-state index in [1.807, 2.05) is 30.3 Å². The molecule has 1 unspecified atom stereocenters. The van der Waals surface area contributed by atoms with Crippen molar-refractivity contribution in [1.29, 1.82) is 0 Å². The van der Waals surface area contributed by atoms with Crippen molar-refractivity contribution in [3.05, 3.63) is 70.3 Å². The number of thiol groups is 1. The van der Waals surface area contributed by atoms with Crippen molar-refractivity contribution < 1.29 is 10.1 Å². The standard InChI is InChI=1S/C13H14N3O3S/c17-15(18)12-8-4-5-9-13(12)16(19,20)14-10-11-6-2-1-3-7-11/h1-9,14,19-20H,10H2/q+1. The van der Waals surface area contributed by atoms with Crippen molar-refractivity contribution in [1.82, 2.24) is 9.59 Å². The van der Waals surface area contributed by atoms with Crippen molar-refractivity contribution in [2.75, 3.05) is 0 Å². The van der Waals surface area contributed by atoms with Gasteiger partial charge in [-0.25, -0.2) is 0 Å². The van der Waals surface area contributed by atoms with E-state index in [1.165, 1.54) is 18.2 Å². The SMILES string of the molecule is O=[N+]([O-])c1ccccc1[N+](O)(S)NCc1ccccc1. The molecule has 0 aliphatic heterocycles. The number of hydrogen-bond acceptors (Lipinski definition) is 5. The second kappa shape index (κ2) is 6.02. The molecule has 0 spiro atoms. The Kier molecular flexibility index (Phi) is 4.35. The monoisotopic (exact) mass is 292 g/mol. The number of rotatable bonds is 5. The fourth-order valence-electron chi connectivity index (χ4n) is 1.76. The molecule has 0 saturated carbocycles. The summed E-state index contributed by atoms with van der Waals surface area (Å²) < 4.78 is -1.06. The molecule has 0 saturated heterocycles. The highest BCUT2D eigenvalue weighted by atomic mass is 32.1. The Bertz CT molecular complexity index is 605. The van der Waals surface area contributed by atoms with Gasteiger partial charge in [-0.2, -0.15) is 5.21 Å². The molecule has 0 heterocycles. The van der Waals surface area contributed by atoms with Crippen molar-refractivity contribution in [3.8, 4) is 0 Å². The molecule has 0 aromatic heterocycles. The number of quaternary nitrogens is 1. The minimum absolute atomic E-state index is 0.0526. The van der Waals surface area contributed by atoms with Crippen LogP contribution in [-0.2, 0) is 6.54 Å². The van der Waals surface area contributed by atoms with Crippen LogP contribution in [0.15, 0.2) is 54.6 Å². The molecule has 0 fully saturated rings. The van der Waals surface area contributed by atoms with Gasteiger partial charge in [-0.1, -0.05) is 42.5 Å². The van der Waals surface area contributed by atoms with Crippen molar-refractivity contribution in [2.45, 2.75) is 6.54 Å². The summed E-state index contributed by atoms with van der Waals surface area (Å²) in [5.41, 5.74) is 3.52. The largest absolute Gasteiger partial charge is 0.335 e. The Morgan fingerprint density at radius 2 is 1.75 bits per heavy atom. The lowest BCUT2D eigenvalue weighted by atomic mass is 10.2. The number of hydrogen-bond donors (Lipinski definition) is 3. The lowest BCUT2D eigenvalue weighted by molar-refractivity contribution is -0.385. The molecule has 1 atom stereocenters. The van der Waals surface area contributed by atoms with Crippen LogP contribution >= 0.6 is 12.8 Å². The summed E-state index contributed by atoms with van der Waals surface area (Å²) in [7, 11) is 0. The van der Waals surface area contributed by atoms with Gasteiger partial charge in [0.1, 0.15) is 12.8 Å². The highest BCUT2D eigenvalue weighted by molar-refractivity contribution is 7.79. The number of nitrogens with zero attached hydrogens (tertiary/aromatic N) is 2. The van der Waals surface area contributed by atoms with E-state index in [9.17, 15) is 15.3 Å². The smallest absolute Gasteiger partial charge is 0.258 e. The van der Waals surface area contributed by atoms with Gasteiger partial charge in [-0.05, 0) is 9.72 Å². The third-order valence-corrected chi connectivity index (χ3v) is 3.12. The fourth-order valence-corrected chi connectivity index (χ4v) is 2.00. The second-order valence-electron chi connectivity index (χ2n) is 4.17. The van der Waals surface area contributed by atoms with E-state index >= 15 is 0 Å². The molecule has 0 aliphatic carbocycles. The molecular weight excluding hydrogens is 278 g/mol. The molecule has 104 valence electrons. The highest BCUT2D eigenvalue weighted by Crippen LogP contribution is 2.31. The van der Waals surface area contributed by atoms with Crippen LogP contribution < -0.4 is 9.59 Å². The first-order chi connectivity index (χ1) is 9.50. The molecule has 0 amide bonds. The molecule has 2 aromatic rings. The van der Waals surface area contributed by atoms with Crippen molar-refractivity contribution in [3.63, 3.8) is 0 Å². The molecule has 2 N–H and O–H groups in total. The Morgan fingerprint density at radius 3 is 2.40 bits per heavy atom. The zero-order valence-corrected chi connectivity index (χ0v) is 11.4. The van der Waals surface area contributed by atoms with Crippen LogP contribution in [0.3, 0.4) is 0 Å². The van der Waals surface area contributed by atoms with E-state index in [1.54, 1.807) is 6.07 Å². The summed E-state index contributed by atoms with van der Waals surface area (Å²) in [4.78, 5) is 10.4. The van der Waals surface area contributed by atoms with Gasteiger partial charge in [0.05, 0.1) is 11.5 Å². The molecule has 2 rings (SSSR count). The lowest BCUT2D eigenvalue weighted by Gasteiger charge is -2.21. The Balaban J connectivity index is 2.20. The van der Waals surface area contributed by atoms with Crippen molar-refractivity contribution in [2.24, 2.45) is 0 Å². The molecule has 7 heteroatoms. The summed E-state index contributed by atoms with van der Waals surface area (Å²) >= 11 is 4.05. The summed E-state index contributed by atoms with van der Waals surface area (Å²) in [6.07, 6.45) is 0. The number of nitro groups is 1. The number of benzene rings is 2. The van der Waals surface area contributed by atoms with E-state index in [-0.39, 0.29) is 11.4 Å². The van der Waals surface area contributed by atoms with Crippen LogP contribution in [0, 0.1) is 10.1 Å². The van der Waals surface area contributed by atoms with Crippen LogP contribution in [0.2, 0.25) is 0 Å². The van der Waals surface area contributed by atoms with Gasteiger partial charge >= 0.3 is 5.69 Å². The molecule has 2 aromatic carbocycles. The maximum atomic E-state index is 11.0. The maximum Gasteiger partial charge on any atom is 0.335 e. The third kappa shape index (κ3) is 3.34. The zero-order valence-electron chi connectivity index (χ0n) is 10.5. The minimum atomic E-state index is -1.06. The molecule has 0 bridgehead atoms. The Morgan fingerprint density at radius 1 is 1.15 bits per heavy atom. The van der Waals surface area contributed by atoms with Crippen molar-refractivity contribution >= 4 is 24.2 Å². The van der Waals surface area contributed by atoms with Crippen LogP contribution in [0.5, 0.6) is 0 Å². The third-order valence-electron chi connectivity index (χ3n) is 2.76. The summed E-state index contributed by atoms with van der Waals surface area (Å²) in [5.74, 6) is 0. The van der Waals surface area contributed by atoms with Gasteiger partial charge in [0.15, 0.2) is 0 Å². The predicted octanol–water partition coefficient (Wildman–Crippen LogP) is 2.84. The van der Waals surface area contributed by atoms with E-state index < -0.39 is 9.08 Å². The first-order valence-corrected chi connectivity index (χ1v) is 6.28. The molecule has 0 radical (unpaired) electrons. The molecule has 0 aliphatic rings. The van der Waals surface area contributed by atoms with Gasteiger partial charge in [0, 0.05) is 12.1 Å². The first-order valence-electron chi connectivity index (χ1n) is 5.88. The first kappa shape index (κ1) is 14.5. The van der Waals surface area contributed by atoms with Gasteiger partial charge in [-0.15, -0.1) is 5.43 Å². The zero-order chi connectivity index (χ0) is 14.6. The summed E-state index contributed by atoms with van der Waals surface area (Å²) in [5, 5.41) is 21.2. The summed E-state index contributed by atoms with van der Waals surface area (Å²) in [6.45, 7) is 0.312. The van der Waals surface area contributed by atoms with Gasteiger partial charge in [0.25, 0.3) is 5.69 Å². The average molecular weight is 292 g/mol. The average Bonchev–Trinajstić information content (AvgIpc) is 2.46. The maximum absolute atomic E-state index is 11.0. The predicted molar refractivity (Wildman–Crippen MR) is 78.9 cm³/mol. The second-order valence-corrected chi connectivity index (χ2v) is 4.75. The van der Waals surface area contributed by atoms with E-state index in [4.69, 9.17) is 0 Å². The molecular formula is C13H14N3O3S+. The van der Waals surface area contributed by atoms with E-state index in [2.05, 4.69) is 18.2 Å². The van der Waals surface area contributed by atoms with Crippen LogP contribution in [-0.4, -0.2) is 10.1 Å². The fraction of sp³-hybridized carbons (Fsp3) is 0.0769. The Labute approximate surface area is 121 Å². The number of para-hydroxylation sites is 2. The van der Waals surface area contributed by atoms with Gasteiger partial charge in [-0.3, -0.25) is 10.1 Å². The Hall–Kier alpha value is -1.93. The lowest BCUT2D eigenvalue weighted by Crippen LogP contribution is -2.48. The number of nitrogens with one attached hydrogen (secondary N) is 1. The topological polar surface area (TPSA) is 75.4 Å². The molecule has 20 heavy (non-hydrogen) atoms. The summed E-state index contributed by atoms with van der Waals surface area (Å²) in [6, 6.07) is 15.3. The number of nitro benzene ring substituents is 1. The minimum Gasteiger partial charge on any atom is -0.258 e. The molecule has 6 nitrogen and oxygen atoms in total. The van der Waals surface area contributed by atoms with Crippen LogP contribution in [0.4, 0.5) is 11.4 Å². The highest BCUT2D eigenvalue weighted by Gasteiger charge is 2.34. The van der Waals surface area contributed by atoms with E-state index in [0.29, 0.717) is 6.54 Å². The van der Waals surface area contributed by atoms with E-state index in [0.717, 1.165) is 5.56 Å². The van der Waals surface area contributed by atoms with Crippen LogP contribution in [0.25, 0.3) is 0 Å². The van der Waals surface area contributed by atoms with Gasteiger partial charge in [0.2, 0.25) is 0 Å². The van der Waals surface area contributed by atoms with Gasteiger partial charge < -0.3 is 0 Å². The normalized spacial score (nSPS) is 13.7. The van der Waals surface area contributed by atoms with Crippen LogP contribution in [0.1, 0.15) is 5.56 Å².